The molecule has 0 saturated heterocycles. The van der Waals surface area contributed by atoms with Crippen LogP contribution in [0.4, 0.5) is 0 Å². The summed E-state index contributed by atoms with van der Waals surface area (Å²) in [6, 6.07) is 0. The van der Waals surface area contributed by atoms with Gasteiger partial charge in [0.2, 0.25) is 5.91 Å². The van der Waals surface area contributed by atoms with Gasteiger partial charge in [-0.3, -0.25) is 4.79 Å². The van der Waals surface area contributed by atoms with E-state index in [2.05, 4.69) is 5.32 Å². The largest absolute Gasteiger partial charge is 0.356 e. The molecule has 0 aromatic heterocycles. The fraction of sp³-hybridized carbons (Fsp3) is 0.667. The molecule has 44 valence electrons. The highest BCUT2D eigenvalue weighted by Crippen LogP contribution is 2.27. The second kappa shape index (κ2) is 2.16. The third kappa shape index (κ3) is 1.96. The molecule has 1 N–H and O–H groups in total. The van der Waals surface area contributed by atoms with Gasteiger partial charge in [-0.2, -0.15) is 0 Å². The Morgan fingerprint density at radius 2 is 2.38 bits per heavy atom. The lowest BCUT2D eigenvalue weighted by molar-refractivity contribution is -0.116. The summed E-state index contributed by atoms with van der Waals surface area (Å²) in [5.41, 5.74) is 0. The van der Waals surface area contributed by atoms with Crippen LogP contribution in [0.5, 0.6) is 0 Å². The zero-order valence-electron chi connectivity index (χ0n) is 4.68. The lowest BCUT2D eigenvalue weighted by Gasteiger charge is -1.95. The Kier molecular flexibility index (Phi) is 1.51. The molecule has 8 heavy (non-hydrogen) atoms. The Morgan fingerprint density at radius 3 is 2.75 bits per heavy atom. The number of carbonyl (C=O) groups excluding carboxylic acids is 1. The summed E-state index contributed by atoms with van der Waals surface area (Å²) in [5, 5.41) is 2.55. The minimum atomic E-state index is -0.406. The first-order valence-corrected chi connectivity index (χ1v) is 2.82. The van der Waals surface area contributed by atoms with Crippen molar-refractivity contribution in [2.45, 2.75) is 12.8 Å². The van der Waals surface area contributed by atoms with Crippen LogP contribution >= 0.6 is 0 Å². The van der Waals surface area contributed by atoms with Gasteiger partial charge in [0.25, 0.3) is 0 Å². The summed E-state index contributed by atoms with van der Waals surface area (Å²) < 4.78 is 0. The van der Waals surface area contributed by atoms with Gasteiger partial charge < -0.3 is 5.32 Å². The molecule has 1 saturated carbocycles. The summed E-state index contributed by atoms with van der Waals surface area (Å²) in [5.74, 6) is 0.319. The van der Waals surface area contributed by atoms with Crippen LogP contribution in [0.25, 0.3) is 0 Å². The van der Waals surface area contributed by atoms with Crippen molar-refractivity contribution in [3.05, 3.63) is 6.92 Å². The van der Waals surface area contributed by atoms with E-state index in [4.69, 9.17) is 6.92 Å². The molecule has 0 aromatic rings. The molecule has 0 aliphatic heterocycles. The molecular weight excluding hydrogens is 102 g/mol. The topological polar surface area (TPSA) is 29.1 Å². The quantitative estimate of drug-likeness (QED) is 0.542. The van der Waals surface area contributed by atoms with E-state index in [-0.39, 0.29) is 0 Å². The number of nitrogens with one attached hydrogen (secondary N) is 1. The molecule has 0 heterocycles. The molecule has 1 amide bonds. The van der Waals surface area contributed by atoms with E-state index in [0.717, 1.165) is 12.5 Å². The number of hydrogen-bond acceptors (Lipinski definition) is 1. The van der Waals surface area contributed by atoms with E-state index < -0.39 is 5.91 Å². The van der Waals surface area contributed by atoms with Crippen LogP contribution in [-0.2, 0) is 4.79 Å². The first-order chi connectivity index (χ1) is 3.79. The lowest BCUT2D eigenvalue weighted by atomic mass is 10.4. The molecule has 1 rings (SSSR count). The van der Waals surface area contributed by atoms with Crippen LogP contribution in [0, 0.1) is 12.8 Å². The summed E-state index contributed by atoms with van der Waals surface area (Å²) in [4.78, 5) is 10.0. The van der Waals surface area contributed by atoms with Gasteiger partial charge in [0.15, 0.2) is 0 Å². The van der Waals surface area contributed by atoms with E-state index in [1.807, 2.05) is 0 Å². The van der Waals surface area contributed by atoms with E-state index in [9.17, 15) is 4.79 Å². The molecule has 0 aromatic carbocycles. The van der Waals surface area contributed by atoms with E-state index >= 15 is 0 Å². The van der Waals surface area contributed by atoms with Crippen LogP contribution in [0.2, 0.25) is 0 Å². The highest BCUT2D eigenvalue weighted by Gasteiger charge is 2.20. The summed E-state index contributed by atoms with van der Waals surface area (Å²) in [6.45, 7) is 5.59. The molecule has 2 radical (unpaired) electrons. The van der Waals surface area contributed by atoms with Gasteiger partial charge in [-0.15, -0.1) is 0 Å². The zero-order valence-corrected chi connectivity index (χ0v) is 4.68. The van der Waals surface area contributed by atoms with E-state index in [0.29, 0.717) is 0 Å². The molecule has 2 heteroatoms. The van der Waals surface area contributed by atoms with Crippen molar-refractivity contribution >= 4 is 5.91 Å². The monoisotopic (exact) mass is 111 g/mol. The molecule has 1 aliphatic rings. The molecule has 0 unspecified atom stereocenters. The fourth-order valence-electron chi connectivity index (χ4n) is 0.567. The molecule has 1 aliphatic carbocycles. The molecule has 0 spiro atoms. The summed E-state index contributed by atoms with van der Waals surface area (Å²) >= 11 is 0. The Labute approximate surface area is 49.3 Å². The maximum Gasteiger partial charge on any atom is 0.224 e. The van der Waals surface area contributed by atoms with Crippen molar-refractivity contribution < 1.29 is 4.79 Å². The second-order valence-electron chi connectivity index (χ2n) is 2.19. The standard InChI is InChI=1S/C6H9NO/c1-5(8)7-4-6-2-3-6/h1,6H,2-4H2,(H,7,8). The van der Waals surface area contributed by atoms with Gasteiger partial charge in [0.1, 0.15) is 0 Å². The Hall–Kier alpha value is -0.530. The van der Waals surface area contributed by atoms with Crippen molar-refractivity contribution in [3.63, 3.8) is 0 Å². The lowest BCUT2D eigenvalue weighted by Crippen LogP contribution is -2.22. The number of hydrogen-bond donors (Lipinski definition) is 1. The number of carbonyl (C=O) groups is 1. The Balaban J connectivity index is 1.95. The summed E-state index contributed by atoms with van der Waals surface area (Å²) in [7, 11) is 0. The predicted molar refractivity (Wildman–Crippen MR) is 30.0 cm³/mol. The van der Waals surface area contributed by atoms with Crippen LogP contribution in [0.15, 0.2) is 0 Å². The van der Waals surface area contributed by atoms with Crippen LogP contribution in [0.1, 0.15) is 12.8 Å². The maximum absolute atomic E-state index is 10.0. The summed E-state index contributed by atoms with van der Waals surface area (Å²) in [6.07, 6.45) is 2.50. The van der Waals surface area contributed by atoms with Crippen molar-refractivity contribution in [1.29, 1.82) is 0 Å². The maximum atomic E-state index is 10.0. The zero-order chi connectivity index (χ0) is 5.98. The number of amides is 1. The van der Waals surface area contributed by atoms with Gasteiger partial charge in [-0.25, -0.2) is 0 Å². The van der Waals surface area contributed by atoms with Crippen LogP contribution in [0.3, 0.4) is 0 Å². The Bertz CT molecular complexity index is 96.7. The average molecular weight is 111 g/mol. The van der Waals surface area contributed by atoms with Crippen LogP contribution in [-0.4, -0.2) is 12.5 Å². The highest BCUT2D eigenvalue weighted by atomic mass is 16.1. The molecule has 1 fully saturated rings. The van der Waals surface area contributed by atoms with Gasteiger partial charge in [0.05, 0.1) is 6.92 Å². The SMILES string of the molecule is [CH]C(=O)NCC1CC1. The van der Waals surface area contributed by atoms with Gasteiger partial charge in [-0.1, -0.05) is 0 Å². The van der Waals surface area contributed by atoms with Gasteiger partial charge >= 0.3 is 0 Å². The van der Waals surface area contributed by atoms with E-state index in [1.165, 1.54) is 12.8 Å². The van der Waals surface area contributed by atoms with Crippen molar-refractivity contribution in [2.24, 2.45) is 5.92 Å². The normalized spacial score (nSPS) is 18.1. The predicted octanol–water partition coefficient (Wildman–Crippen LogP) is 0.224. The van der Waals surface area contributed by atoms with Crippen LogP contribution < -0.4 is 5.32 Å². The first kappa shape index (κ1) is 5.60. The van der Waals surface area contributed by atoms with E-state index in [1.54, 1.807) is 0 Å². The molecule has 2 nitrogen and oxygen atoms in total. The first-order valence-electron chi connectivity index (χ1n) is 2.82. The fourth-order valence-corrected chi connectivity index (χ4v) is 0.567. The highest BCUT2D eigenvalue weighted by molar-refractivity contribution is 5.79. The van der Waals surface area contributed by atoms with Crippen molar-refractivity contribution in [3.8, 4) is 0 Å². The minimum Gasteiger partial charge on any atom is -0.356 e. The van der Waals surface area contributed by atoms with Gasteiger partial charge in [-0.05, 0) is 18.8 Å². The second-order valence-corrected chi connectivity index (χ2v) is 2.19. The number of rotatable bonds is 2. The third-order valence-corrected chi connectivity index (χ3v) is 1.26. The molecular formula is C6H9NO. The molecule has 0 bridgehead atoms. The minimum absolute atomic E-state index is 0.406. The van der Waals surface area contributed by atoms with Gasteiger partial charge in [0, 0.05) is 6.54 Å². The van der Waals surface area contributed by atoms with Crippen molar-refractivity contribution in [1.82, 2.24) is 5.32 Å². The van der Waals surface area contributed by atoms with Crippen molar-refractivity contribution in [2.75, 3.05) is 6.54 Å². The average Bonchev–Trinajstić information content (AvgIpc) is 2.41. The molecule has 0 atom stereocenters. The Morgan fingerprint density at radius 1 is 1.75 bits per heavy atom. The third-order valence-electron chi connectivity index (χ3n) is 1.26. The smallest absolute Gasteiger partial charge is 0.224 e.